The highest BCUT2D eigenvalue weighted by molar-refractivity contribution is 6.42. The molecule has 1 heterocycles. The van der Waals surface area contributed by atoms with Crippen molar-refractivity contribution >= 4 is 40.7 Å². The Kier molecular flexibility index (Phi) is 5.92. The number of piperazine rings is 1. The molecule has 2 aromatic carbocycles. The summed E-state index contributed by atoms with van der Waals surface area (Å²) in [6.45, 7) is 4.63. The number of carbonyl (C=O) groups is 2. The van der Waals surface area contributed by atoms with E-state index in [-0.39, 0.29) is 11.8 Å². The molecule has 0 saturated carbocycles. The molecular formula is C20H21Cl2N3O2. The number of benzene rings is 2. The third-order valence-corrected chi connectivity index (χ3v) is 5.66. The summed E-state index contributed by atoms with van der Waals surface area (Å²) < 4.78 is 0. The van der Waals surface area contributed by atoms with Crippen LogP contribution in [-0.4, -0.2) is 42.9 Å². The van der Waals surface area contributed by atoms with E-state index in [2.05, 4.69) is 4.90 Å². The monoisotopic (exact) mass is 405 g/mol. The smallest absolute Gasteiger partial charge is 0.248 e. The molecule has 1 fully saturated rings. The maximum Gasteiger partial charge on any atom is 0.248 e. The summed E-state index contributed by atoms with van der Waals surface area (Å²) in [6.07, 6.45) is 0. The number of halogens is 2. The van der Waals surface area contributed by atoms with Crippen molar-refractivity contribution in [2.45, 2.75) is 12.8 Å². The molecule has 1 atom stereocenters. The second kappa shape index (κ2) is 8.19. The van der Waals surface area contributed by atoms with Crippen LogP contribution >= 0.6 is 23.2 Å². The van der Waals surface area contributed by atoms with Crippen LogP contribution in [0.5, 0.6) is 0 Å². The van der Waals surface area contributed by atoms with E-state index in [1.807, 2.05) is 30.0 Å². The molecule has 0 bridgehead atoms. The fourth-order valence-electron chi connectivity index (χ4n) is 3.22. The van der Waals surface area contributed by atoms with Crippen LogP contribution in [0.4, 0.5) is 5.69 Å². The van der Waals surface area contributed by atoms with Crippen molar-refractivity contribution in [2.24, 2.45) is 5.73 Å². The molecule has 1 saturated heterocycles. The van der Waals surface area contributed by atoms with Crippen LogP contribution in [0, 0.1) is 0 Å². The van der Waals surface area contributed by atoms with Crippen LogP contribution in [0.3, 0.4) is 0 Å². The lowest BCUT2D eigenvalue weighted by Crippen LogP contribution is -2.49. The summed E-state index contributed by atoms with van der Waals surface area (Å²) in [5, 5.41) is 0.939. The number of amides is 2. The normalized spacial score (nSPS) is 15.5. The number of anilines is 1. The van der Waals surface area contributed by atoms with E-state index in [1.165, 1.54) is 0 Å². The van der Waals surface area contributed by atoms with E-state index in [0.29, 0.717) is 28.7 Å². The molecule has 0 spiro atoms. The first-order chi connectivity index (χ1) is 12.9. The highest BCUT2D eigenvalue weighted by atomic mass is 35.5. The van der Waals surface area contributed by atoms with Crippen molar-refractivity contribution in [2.75, 3.05) is 31.1 Å². The van der Waals surface area contributed by atoms with Gasteiger partial charge < -0.3 is 15.5 Å². The number of carbonyl (C=O) groups excluding carboxylic acids is 2. The van der Waals surface area contributed by atoms with Gasteiger partial charge in [0.15, 0.2) is 0 Å². The fourth-order valence-corrected chi connectivity index (χ4v) is 3.53. The van der Waals surface area contributed by atoms with Crippen molar-refractivity contribution < 1.29 is 9.59 Å². The Morgan fingerprint density at radius 1 is 0.963 bits per heavy atom. The molecule has 7 heteroatoms. The third kappa shape index (κ3) is 4.37. The van der Waals surface area contributed by atoms with Crippen molar-refractivity contribution in [3.63, 3.8) is 0 Å². The summed E-state index contributed by atoms with van der Waals surface area (Å²) in [7, 11) is 0. The first-order valence-electron chi connectivity index (χ1n) is 8.75. The van der Waals surface area contributed by atoms with E-state index >= 15 is 0 Å². The molecule has 0 aliphatic carbocycles. The number of rotatable bonds is 4. The van der Waals surface area contributed by atoms with Crippen LogP contribution in [0.15, 0.2) is 42.5 Å². The topological polar surface area (TPSA) is 66.6 Å². The molecule has 5 nitrogen and oxygen atoms in total. The summed E-state index contributed by atoms with van der Waals surface area (Å²) in [6, 6.07) is 12.5. The van der Waals surface area contributed by atoms with Crippen LogP contribution in [0.25, 0.3) is 0 Å². The maximum atomic E-state index is 12.8. The molecule has 1 aliphatic rings. The molecule has 142 valence electrons. The quantitative estimate of drug-likeness (QED) is 0.845. The van der Waals surface area contributed by atoms with Gasteiger partial charge >= 0.3 is 0 Å². The van der Waals surface area contributed by atoms with Gasteiger partial charge in [-0.05, 0) is 48.9 Å². The number of nitrogens with two attached hydrogens (primary N) is 1. The molecule has 27 heavy (non-hydrogen) atoms. The Morgan fingerprint density at radius 2 is 1.59 bits per heavy atom. The van der Waals surface area contributed by atoms with E-state index in [9.17, 15) is 9.59 Å². The minimum absolute atomic E-state index is 0.0807. The van der Waals surface area contributed by atoms with Gasteiger partial charge in [0, 0.05) is 37.4 Å². The number of primary amides is 1. The molecule has 0 radical (unpaired) electrons. The lowest BCUT2D eigenvalue weighted by Gasteiger charge is -2.37. The zero-order valence-corrected chi connectivity index (χ0v) is 16.5. The number of nitrogens with zero attached hydrogens (tertiary/aromatic N) is 2. The van der Waals surface area contributed by atoms with Crippen LogP contribution in [0.2, 0.25) is 10.0 Å². The molecule has 0 aromatic heterocycles. The van der Waals surface area contributed by atoms with Crippen LogP contribution in [-0.2, 0) is 4.79 Å². The van der Waals surface area contributed by atoms with E-state index in [0.717, 1.165) is 24.3 Å². The first-order valence-corrected chi connectivity index (χ1v) is 9.51. The van der Waals surface area contributed by atoms with Gasteiger partial charge in [0.05, 0.1) is 16.0 Å². The van der Waals surface area contributed by atoms with Crippen LogP contribution in [0.1, 0.15) is 28.8 Å². The van der Waals surface area contributed by atoms with E-state index < -0.39 is 5.91 Å². The molecule has 1 aliphatic heterocycles. The minimum Gasteiger partial charge on any atom is -0.368 e. The molecule has 2 amide bonds. The van der Waals surface area contributed by atoms with Crippen molar-refractivity contribution in [3.8, 4) is 0 Å². The highest BCUT2D eigenvalue weighted by Gasteiger charge is 2.26. The Labute approximate surface area is 168 Å². The molecular weight excluding hydrogens is 385 g/mol. The van der Waals surface area contributed by atoms with Crippen molar-refractivity contribution in [1.82, 2.24) is 4.90 Å². The van der Waals surface area contributed by atoms with Gasteiger partial charge in [0.2, 0.25) is 11.8 Å². The fraction of sp³-hybridized carbons (Fsp3) is 0.300. The van der Waals surface area contributed by atoms with Gasteiger partial charge in [-0.1, -0.05) is 29.3 Å². The average Bonchev–Trinajstić information content (AvgIpc) is 2.69. The van der Waals surface area contributed by atoms with Crippen molar-refractivity contribution in [1.29, 1.82) is 0 Å². The average molecular weight is 406 g/mol. The predicted octanol–water partition coefficient (Wildman–Crippen LogP) is 3.54. The van der Waals surface area contributed by atoms with Gasteiger partial charge in [-0.3, -0.25) is 9.59 Å². The van der Waals surface area contributed by atoms with Gasteiger partial charge in [0.1, 0.15) is 0 Å². The Bertz CT molecular complexity index is 847. The van der Waals surface area contributed by atoms with Gasteiger partial charge in [0.25, 0.3) is 0 Å². The molecule has 1 unspecified atom stereocenters. The van der Waals surface area contributed by atoms with Crippen molar-refractivity contribution in [3.05, 3.63) is 63.6 Å². The summed E-state index contributed by atoms with van der Waals surface area (Å²) in [4.78, 5) is 28.1. The Balaban J connectivity index is 1.61. The largest absolute Gasteiger partial charge is 0.368 e. The lowest BCUT2D eigenvalue weighted by atomic mass is 9.99. The Hall–Kier alpha value is -2.24. The first kappa shape index (κ1) is 19.5. The summed E-state index contributed by atoms with van der Waals surface area (Å²) >= 11 is 12.0. The minimum atomic E-state index is -0.437. The summed E-state index contributed by atoms with van der Waals surface area (Å²) in [5.41, 5.74) is 7.64. The lowest BCUT2D eigenvalue weighted by molar-refractivity contribution is -0.132. The zero-order chi connectivity index (χ0) is 19.6. The number of hydrogen-bond donors (Lipinski definition) is 1. The predicted molar refractivity (Wildman–Crippen MR) is 109 cm³/mol. The Morgan fingerprint density at radius 3 is 2.15 bits per heavy atom. The standard InChI is InChI=1S/C20H21Cl2N3O2/c1-13(15-4-7-17(21)18(22)12-15)20(27)25-10-8-24(9-11-25)16-5-2-14(3-6-16)19(23)26/h2-7,12-13H,8-11H2,1H3,(H2,23,26). The van der Waals surface area contributed by atoms with Gasteiger partial charge in [-0.2, -0.15) is 0 Å². The zero-order valence-electron chi connectivity index (χ0n) is 15.0. The number of hydrogen-bond acceptors (Lipinski definition) is 3. The SMILES string of the molecule is CC(C(=O)N1CCN(c2ccc(C(N)=O)cc2)CC1)c1ccc(Cl)c(Cl)c1. The molecule has 2 aromatic rings. The molecule has 2 N–H and O–H groups in total. The summed E-state index contributed by atoms with van der Waals surface area (Å²) in [5.74, 6) is -0.633. The second-order valence-electron chi connectivity index (χ2n) is 6.62. The highest BCUT2D eigenvalue weighted by Crippen LogP contribution is 2.28. The third-order valence-electron chi connectivity index (χ3n) is 4.92. The van der Waals surface area contributed by atoms with E-state index in [4.69, 9.17) is 28.9 Å². The van der Waals surface area contributed by atoms with E-state index in [1.54, 1.807) is 24.3 Å². The van der Waals surface area contributed by atoms with Gasteiger partial charge in [-0.25, -0.2) is 0 Å². The van der Waals surface area contributed by atoms with Crippen LogP contribution < -0.4 is 10.6 Å². The second-order valence-corrected chi connectivity index (χ2v) is 7.43. The maximum absolute atomic E-state index is 12.8. The van der Waals surface area contributed by atoms with Gasteiger partial charge in [-0.15, -0.1) is 0 Å². The molecule has 3 rings (SSSR count).